The second-order valence-electron chi connectivity index (χ2n) is 9.47. The van der Waals surface area contributed by atoms with E-state index in [1.165, 1.54) is 36.0 Å². The number of Topliss-reactive ketones (excluding diaryl/α,β-unsaturated/α-hetero) is 1. The Bertz CT molecular complexity index is 901. The highest BCUT2D eigenvalue weighted by Crippen LogP contribution is 2.25. The topological polar surface area (TPSA) is 46.6 Å². The van der Waals surface area contributed by atoms with Crippen molar-refractivity contribution >= 4 is 11.9 Å². The van der Waals surface area contributed by atoms with E-state index < -0.39 is 0 Å². The normalized spacial score (nSPS) is 16.0. The van der Waals surface area contributed by atoms with Crippen molar-refractivity contribution in [2.24, 2.45) is 5.92 Å². The van der Waals surface area contributed by atoms with Gasteiger partial charge in [-0.15, -0.1) is 0 Å². The lowest BCUT2D eigenvalue weighted by molar-refractivity contribution is 0.0872. The van der Waals surface area contributed by atoms with Crippen LogP contribution in [0.25, 0.3) is 0 Å². The molecule has 0 unspecified atom stereocenters. The zero-order chi connectivity index (χ0) is 24.2. The number of ether oxygens (including phenoxy) is 1. The number of carbonyl (C=O) groups is 2. The first kappa shape index (κ1) is 26.0. The third-order valence-corrected chi connectivity index (χ3v) is 7.09. The van der Waals surface area contributed by atoms with Crippen LogP contribution < -0.4 is 0 Å². The molecule has 0 bridgehead atoms. The number of likely N-dealkylation sites (tertiary alicyclic amines) is 1. The van der Waals surface area contributed by atoms with Crippen molar-refractivity contribution < 1.29 is 14.3 Å². The van der Waals surface area contributed by atoms with Gasteiger partial charge in [-0.05, 0) is 87.0 Å². The molecule has 0 saturated carbocycles. The number of ketones is 1. The maximum absolute atomic E-state index is 12.6. The van der Waals surface area contributed by atoms with Gasteiger partial charge in [-0.1, -0.05) is 55.8 Å². The van der Waals surface area contributed by atoms with Crippen molar-refractivity contribution in [2.45, 2.75) is 78.1 Å². The molecule has 0 aromatic heterocycles. The number of aryl methyl sites for hydroxylation is 3. The number of hydrogen-bond acceptors (Lipinski definition) is 3. The lowest BCUT2D eigenvalue weighted by atomic mass is 9.90. The molecule has 1 aliphatic heterocycles. The molecule has 34 heavy (non-hydrogen) atoms. The molecule has 0 atom stereocenters. The Labute approximate surface area is 205 Å². The summed E-state index contributed by atoms with van der Waals surface area (Å²) in [6, 6.07) is 16.8. The number of piperidine rings is 1. The number of fused-ring (bicyclic) bond motifs is 1. The van der Waals surface area contributed by atoms with Gasteiger partial charge >= 0.3 is 6.09 Å². The maximum Gasteiger partial charge on any atom is 0.409 e. The first-order valence-corrected chi connectivity index (χ1v) is 13.2. The summed E-state index contributed by atoms with van der Waals surface area (Å²) in [6.07, 6.45) is 10.5. The fraction of sp³-hybridized carbons (Fsp3) is 0.533. The number of carbonyl (C=O) groups excluding carboxylic acids is 2. The zero-order valence-electron chi connectivity index (χ0n) is 21.1. The zero-order valence-corrected chi connectivity index (χ0v) is 21.1. The number of rotatable bonds is 6. The molecule has 1 fully saturated rings. The molecule has 2 aliphatic rings. The van der Waals surface area contributed by atoms with Gasteiger partial charge in [0, 0.05) is 25.1 Å². The van der Waals surface area contributed by atoms with Crippen molar-refractivity contribution in [3.63, 3.8) is 0 Å². The minimum absolute atomic E-state index is 0.202. The largest absolute Gasteiger partial charge is 0.450 e. The predicted octanol–water partition coefficient (Wildman–Crippen LogP) is 7.04. The summed E-state index contributed by atoms with van der Waals surface area (Å²) < 4.78 is 5.06. The van der Waals surface area contributed by atoms with Crippen molar-refractivity contribution in [1.82, 2.24) is 4.90 Å². The van der Waals surface area contributed by atoms with Crippen molar-refractivity contribution in [1.29, 1.82) is 0 Å². The molecular weight excluding hydrogens is 422 g/mol. The van der Waals surface area contributed by atoms with E-state index in [1.54, 1.807) is 4.90 Å². The summed E-state index contributed by atoms with van der Waals surface area (Å²) in [4.78, 5) is 26.2. The van der Waals surface area contributed by atoms with Crippen LogP contribution in [0, 0.1) is 5.92 Å². The van der Waals surface area contributed by atoms with Crippen LogP contribution in [0.2, 0.25) is 0 Å². The van der Waals surface area contributed by atoms with Gasteiger partial charge in [0.15, 0.2) is 5.78 Å². The highest BCUT2D eigenvalue weighted by Gasteiger charge is 2.24. The Morgan fingerprint density at radius 1 is 0.912 bits per heavy atom. The Kier molecular flexibility index (Phi) is 10.7. The Morgan fingerprint density at radius 3 is 2.26 bits per heavy atom. The van der Waals surface area contributed by atoms with Gasteiger partial charge in [0.2, 0.25) is 0 Å². The fourth-order valence-corrected chi connectivity index (χ4v) is 4.90. The summed E-state index contributed by atoms with van der Waals surface area (Å²) in [5.74, 6) is 0.801. The maximum atomic E-state index is 12.6. The van der Waals surface area contributed by atoms with Crippen LogP contribution >= 0.6 is 0 Å². The van der Waals surface area contributed by atoms with Gasteiger partial charge in [0.05, 0.1) is 6.61 Å². The highest BCUT2D eigenvalue weighted by atomic mass is 16.6. The molecule has 1 saturated heterocycles. The van der Waals surface area contributed by atoms with Crippen molar-refractivity contribution in [2.75, 3.05) is 19.7 Å². The molecule has 4 heteroatoms. The first-order chi connectivity index (χ1) is 16.6. The van der Waals surface area contributed by atoms with Crippen LogP contribution in [0.1, 0.15) is 85.8 Å². The van der Waals surface area contributed by atoms with E-state index in [1.807, 2.05) is 19.1 Å². The fourth-order valence-electron chi connectivity index (χ4n) is 4.90. The predicted molar refractivity (Wildman–Crippen MR) is 138 cm³/mol. The summed E-state index contributed by atoms with van der Waals surface area (Å²) >= 11 is 0. The van der Waals surface area contributed by atoms with Gasteiger partial charge in [0.1, 0.15) is 0 Å². The van der Waals surface area contributed by atoms with Gasteiger partial charge in [-0.3, -0.25) is 4.79 Å². The van der Waals surface area contributed by atoms with E-state index in [9.17, 15) is 9.59 Å². The number of hydrogen-bond donors (Lipinski definition) is 0. The molecule has 2 aromatic rings. The molecule has 0 radical (unpaired) electrons. The Balaban J connectivity index is 0.000000343. The van der Waals surface area contributed by atoms with Crippen LogP contribution in [-0.2, 0) is 24.0 Å². The number of nitrogens with zero attached hydrogens (tertiary/aromatic N) is 1. The van der Waals surface area contributed by atoms with Crippen LogP contribution in [0.3, 0.4) is 0 Å². The second kappa shape index (κ2) is 13.9. The molecule has 0 N–H and O–H groups in total. The van der Waals surface area contributed by atoms with Crippen LogP contribution in [0.4, 0.5) is 4.79 Å². The molecular formula is C30H41NO3. The standard InChI is InChI=1S/C22H31NO3.C8H10/c1-2-26-22(25)23-14-12-17(13-15-23)8-11-21(24)20-10-9-18-6-4-3-5-7-19(18)16-20;1-2-8-6-4-3-5-7-8/h9-10,16-17H,2-8,11-15H2,1H3;3-7H,2H2,1H3. The smallest absolute Gasteiger partial charge is 0.409 e. The minimum atomic E-state index is -0.202. The van der Waals surface area contributed by atoms with E-state index in [2.05, 4.69) is 43.3 Å². The highest BCUT2D eigenvalue weighted by molar-refractivity contribution is 5.96. The summed E-state index contributed by atoms with van der Waals surface area (Å²) in [6.45, 7) is 5.91. The SMILES string of the molecule is CCOC(=O)N1CCC(CCC(=O)c2ccc3c(c2)CCCCC3)CC1.CCc1ccccc1. The van der Waals surface area contributed by atoms with Crippen LogP contribution in [-0.4, -0.2) is 36.5 Å². The van der Waals surface area contributed by atoms with Gasteiger partial charge in [0.25, 0.3) is 0 Å². The third-order valence-electron chi connectivity index (χ3n) is 7.09. The van der Waals surface area contributed by atoms with Crippen molar-refractivity contribution in [3.8, 4) is 0 Å². The van der Waals surface area contributed by atoms with E-state index in [0.717, 1.165) is 57.2 Å². The average Bonchev–Trinajstić information content (AvgIpc) is 3.13. The van der Waals surface area contributed by atoms with Gasteiger partial charge in [-0.25, -0.2) is 4.79 Å². The van der Waals surface area contributed by atoms with E-state index >= 15 is 0 Å². The Morgan fingerprint density at radius 2 is 1.62 bits per heavy atom. The molecule has 1 heterocycles. The van der Waals surface area contributed by atoms with Gasteiger partial charge < -0.3 is 9.64 Å². The minimum Gasteiger partial charge on any atom is -0.450 e. The molecule has 4 nitrogen and oxygen atoms in total. The molecule has 2 aromatic carbocycles. The molecule has 1 aliphatic carbocycles. The molecule has 0 spiro atoms. The van der Waals surface area contributed by atoms with E-state index in [4.69, 9.17) is 4.74 Å². The Hall–Kier alpha value is -2.62. The molecule has 1 amide bonds. The number of benzene rings is 2. The van der Waals surface area contributed by atoms with E-state index in [0.29, 0.717) is 18.9 Å². The average molecular weight is 464 g/mol. The van der Waals surface area contributed by atoms with Crippen molar-refractivity contribution in [3.05, 3.63) is 70.8 Å². The summed E-state index contributed by atoms with van der Waals surface area (Å²) in [5, 5.41) is 0. The van der Waals surface area contributed by atoms with Gasteiger partial charge in [-0.2, -0.15) is 0 Å². The second-order valence-corrected chi connectivity index (χ2v) is 9.47. The monoisotopic (exact) mass is 463 g/mol. The summed E-state index contributed by atoms with van der Waals surface area (Å²) in [7, 11) is 0. The number of amides is 1. The van der Waals surface area contributed by atoms with Crippen LogP contribution in [0.5, 0.6) is 0 Å². The lowest BCUT2D eigenvalue weighted by Crippen LogP contribution is -2.38. The van der Waals surface area contributed by atoms with E-state index in [-0.39, 0.29) is 11.9 Å². The van der Waals surface area contributed by atoms with Crippen LogP contribution in [0.15, 0.2) is 48.5 Å². The third kappa shape index (κ3) is 8.00. The summed E-state index contributed by atoms with van der Waals surface area (Å²) in [5.41, 5.74) is 5.11. The molecule has 184 valence electrons. The quantitative estimate of drug-likeness (QED) is 0.341. The first-order valence-electron chi connectivity index (χ1n) is 13.2. The lowest BCUT2D eigenvalue weighted by Gasteiger charge is -2.31. The molecule has 4 rings (SSSR count).